The molecular weight excluding hydrogens is 218 g/mol. The standard InChI is InChI=1S/C12H15N3O2/c1-9(12(17)14-2)7-15(8-16)11-5-3-10(13)4-6-11/h3-8H,13H2,1-2H3,(H,14,17)/b9-7-. The Morgan fingerprint density at radius 3 is 2.41 bits per heavy atom. The van der Waals surface area contributed by atoms with Crippen molar-refractivity contribution >= 4 is 23.7 Å². The number of carbonyl (C=O) groups excluding carboxylic acids is 2. The Labute approximate surface area is 99.9 Å². The van der Waals surface area contributed by atoms with Crippen LogP contribution in [0.25, 0.3) is 0 Å². The maximum absolute atomic E-state index is 11.3. The molecule has 0 fully saturated rings. The van der Waals surface area contributed by atoms with Gasteiger partial charge in [0.25, 0.3) is 0 Å². The SMILES string of the molecule is CNC(=O)/C(C)=C\N(C=O)c1ccc(N)cc1. The molecule has 0 unspecified atom stereocenters. The Hall–Kier alpha value is -2.30. The van der Waals surface area contributed by atoms with Crippen molar-refractivity contribution in [1.82, 2.24) is 5.32 Å². The first-order valence-corrected chi connectivity index (χ1v) is 5.08. The van der Waals surface area contributed by atoms with Crippen LogP contribution in [-0.2, 0) is 9.59 Å². The monoisotopic (exact) mass is 233 g/mol. The molecule has 3 N–H and O–H groups in total. The van der Waals surface area contributed by atoms with Crippen LogP contribution in [-0.4, -0.2) is 19.4 Å². The third-order valence-corrected chi connectivity index (χ3v) is 2.22. The van der Waals surface area contributed by atoms with Crippen molar-refractivity contribution < 1.29 is 9.59 Å². The zero-order chi connectivity index (χ0) is 12.8. The number of anilines is 2. The summed E-state index contributed by atoms with van der Waals surface area (Å²) in [5.74, 6) is -0.229. The molecule has 0 aliphatic rings. The fourth-order valence-electron chi connectivity index (χ4n) is 1.28. The number of carbonyl (C=O) groups is 2. The number of nitrogens with one attached hydrogen (secondary N) is 1. The van der Waals surface area contributed by atoms with Crippen LogP contribution in [0.4, 0.5) is 11.4 Å². The van der Waals surface area contributed by atoms with E-state index in [9.17, 15) is 9.59 Å². The van der Waals surface area contributed by atoms with Crippen LogP contribution < -0.4 is 16.0 Å². The van der Waals surface area contributed by atoms with E-state index in [1.54, 1.807) is 31.2 Å². The summed E-state index contributed by atoms with van der Waals surface area (Å²) in [7, 11) is 1.54. The zero-order valence-corrected chi connectivity index (χ0v) is 9.81. The molecule has 0 aliphatic carbocycles. The molecule has 0 radical (unpaired) electrons. The van der Waals surface area contributed by atoms with Gasteiger partial charge >= 0.3 is 0 Å². The normalized spacial score (nSPS) is 10.8. The molecule has 90 valence electrons. The van der Waals surface area contributed by atoms with E-state index < -0.39 is 0 Å². The molecule has 0 atom stereocenters. The fourth-order valence-corrected chi connectivity index (χ4v) is 1.28. The Balaban J connectivity index is 2.96. The summed E-state index contributed by atoms with van der Waals surface area (Å²) < 4.78 is 0. The number of amides is 2. The molecule has 0 aliphatic heterocycles. The summed E-state index contributed by atoms with van der Waals surface area (Å²) in [5.41, 5.74) is 7.26. The first-order chi connectivity index (χ1) is 8.08. The summed E-state index contributed by atoms with van der Waals surface area (Å²) >= 11 is 0. The van der Waals surface area contributed by atoms with E-state index in [0.29, 0.717) is 23.4 Å². The summed E-state index contributed by atoms with van der Waals surface area (Å²) in [6.07, 6.45) is 2.11. The average Bonchev–Trinajstić information content (AvgIpc) is 2.35. The lowest BCUT2D eigenvalue weighted by Crippen LogP contribution is -2.22. The topological polar surface area (TPSA) is 75.4 Å². The average molecular weight is 233 g/mol. The number of benzene rings is 1. The summed E-state index contributed by atoms with van der Waals surface area (Å²) in [6.45, 7) is 1.63. The first-order valence-electron chi connectivity index (χ1n) is 5.08. The van der Waals surface area contributed by atoms with E-state index >= 15 is 0 Å². The largest absolute Gasteiger partial charge is 0.399 e. The lowest BCUT2D eigenvalue weighted by atomic mass is 10.2. The number of nitrogens with two attached hydrogens (primary N) is 1. The molecule has 0 spiro atoms. The molecule has 0 saturated carbocycles. The maximum Gasteiger partial charge on any atom is 0.248 e. The second-order valence-corrected chi connectivity index (χ2v) is 3.50. The Kier molecular flexibility index (Phi) is 4.28. The van der Waals surface area contributed by atoms with Gasteiger partial charge in [0.2, 0.25) is 12.3 Å². The predicted octanol–water partition coefficient (Wildman–Crippen LogP) is 0.881. The van der Waals surface area contributed by atoms with Crippen molar-refractivity contribution in [3.8, 4) is 0 Å². The van der Waals surface area contributed by atoms with Gasteiger partial charge in [-0.1, -0.05) is 0 Å². The third kappa shape index (κ3) is 3.34. The molecule has 0 bridgehead atoms. The molecule has 1 aromatic rings. The van der Waals surface area contributed by atoms with Gasteiger partial charge in [-0.05, 0) is 31.2 Å². The van der Waals surface area contributed by atoms with Crippen LogP contribution in [0.3, 0.4) is 0 Å². The maximum atomic E-state index is 11.3. The first kappa shape index (κ1) is 12.8. The van der Waals surface area contributed by atoms with E-state index in [4.69, 9.17) is 5.73 Å². The zero-order valence-electron chi connectivity index (χ0n) is 9.81. The van der Waals surface area contributed by atoms with Crippen molar-refractivity contribution in [2.75, 3.05) is 17.7 Å². The van der Waals surface area contributed by atoms with Gasteiger partial charge in [-0.2, -0.15) is 0 Å². The van der Waals surface area contributed by atoms with Gasteiger partial charge in [0, 0.05) is 30.2 Å². The third-order valence-electron chi connectivity index (χ3n) is 2.22. The van der Waals surface area contributed by atoms with E-state index in [1.807, 2.05) is 0 Å². The highest BCUT2D eigenvalue weighted by molar-refractivity contribution is 5.94. The summed E-state index contributed by atoms with van der Waals surface area (Å²) in [6, 6.07) is 6.79. The van der Waals surface area contributed by atoms with Gasteiger partial charge in [-0.25, -0.2) is 0 Å². The van der Waals surface area contributed by atoms with Crippen LogP contribution in [0.5, 0.6) is 0 Å². The van der Waals surface area contributed by atoms with Crippen molar-refractivity contribution in [2.24, 2.45) is 0 Å². The van der Waals surface area contributed by atoms with Crippen molar-refractivity contribution in [2.45, 2.75) is 6.92 Å². The number of nitrogen functional groups attached to an aromatic ring is 1. The second-order valence-electron chi connectivity index (χ2n) is 3.50. The van der Waals surface area contributed by atoms with Crippen LogP contribution in [0.1, 0.15) is 6.92 Å². The van der Waals surface area contributed by atoms with E-state index in [-0.39, 0.29) is 5.91 Å². The molecule has 0 saturated heterocycles. The summed E-state index contributed by atoms with van der Waals surface area (Å²) in [5, 5.41) is 2.48. The molecule has 0 aromatic heterocycles. The quantitative estimate of drug-likeness (QED) is 0.460. The number of hydrogen-bond donors (Lipinski definition) is 2. The van der Waals surface area contributed by atoms with E-state index in [2.05, 4.69) is 5.32 Å². The molecule has 0 heterocycles. The predicted molar refractivity (Wildman–Crippen MR) is 67.2 cm³/mol. The molecule has 1 rings (SSSR count). The number of hydrogen-bond acceptors (Lipinski definition) is 3. The molecule has 1 aromatic carbocycles. The Morgan fingerprint density at radius 2 is 1.94 bits per heavy atom. The lowest BCUT2D eigenvalue weighted by molar-refractivity contribution is -0.117. The molecule has 5 heteroatoms. The van der Waals surface area contributed by atoms with Gasteiger partial charge in [0.1, 0.15) is 0 Å². The molecule has 17 heavy (non-hydrogen) atoms. The number of nitrogens with zero attached hydrogens (tertiary/aromatic N) is 1. The summed E-state index contributed by atoms with van der Waals surface area (Å²) in [4.78, 5) is 23.6. The minimum Gasteiger partial charge on any atom is -0.399 e. The van der Waals surface area contributed by atoms with Gasteiger partial charge in [0.05, 0.1) is 0 Å². The van der Waals surface area contributed by atoms with Gasteiger partial charge in [0.15, 0.2) is 0 Å². The smallest absolute Gasteiger partial charge is 0.248 e. The van der Waals surface area contributed by atoms with E-state index in [0.717, 1.165) is 0 Å². The van der Waals surface area contributed by atoms with Crippen molar-refractivity contribution in [3.05, 3.63) is 36.0 Å². The van der Waals surface area contributed by atoms with Crippen LogP contribution in [0.2, 0.25) is 0 Å². The van der Waals surface area contributed by atoms with Crippen LogP contribution in [0, 0.1) is 0 Å². The van der Waals surface area contributed by atoms with E-state index in [1.165, 1.54) is 18.1 Å². The molecular formula is C12H15N3O2. The highest BCUT2D eigenvalue weighted by atomic mass is 16.2. The fraction of sp³-hybridized carbons (Fsp3) is 0.167. The lowest BCUT2D eigenvalue weighted by Gasteiger charge is -2.13. The second kappa shape index (κ2) is 5.69. The van der Waals surface area contributed by atoms with Crippen molar-refractivity contribution in [3.63, 3.8) is 0 Å². The Morgan fingerprint density at radius 1 is 1.35 bits per heavy atom. The molecule has 5 nitrogen and oxygen atoms in total. The minimum atomic E-state index is -0.229. The number of rotatable bonds is 4. The van der Waals surface area contributed by atoms with Crippen molar-refractivity contribution in [1.29, 1.82) is 0 Å². The minimum absolute atomic E-state index is 0.229. The Bertz CT molecular complexity index is 438. The number of likely N-dealkylation sites (N-methyl/N-ethyl adjacent to an activating group) is 1. The van der Waals surface area contributed by atoms with Crippen LogP contribution >= 0.6 is 0 Å². The van der Waals surface area contributed by atoms with Crippen LogP contribution in [0.15, 0.2) is 36.0 Å². The highest BCUT2D eigenvalue weighted by Crippen LogP contribution is 2.16. The highest BCUT2D eigenvalue weighted by Gasteiger charge is 2.06. The molecule has 2 amide bonds. The van der Waals surface area contributed by atoms with Gasteiger partial charge in [-0.15, -0.1) is 0 Å². The van der Waals surface area contributed by atoms with Gasteiger partial charge < -0.3 is 11.1 Å². The van der Waals surface area contributed by atoms with Gasteiger partial charge in [-0.3, -0.25) is 14.5 Å².